The number of hydrogen-bond donors (Lipinski definition) is 1. The van der Waals surface area contributed by atoms with Crippen LogP contribution in [0.1, 0.15) is 20.8 Å². The summed E-state index contributed by atoms with van der Waals surface area (Å²) < 4.78 is 0. The van der Waals surface area contributed by atoms with Crippen LogP contribution in [0.4, 0.5) is 0 Å². The van der Waals surface area contributed by atoms with Gasteiger partial charge in [0.25, 0.3) is 0 Å². The first-order chi connectivity index (χ1) is 5.44. The van der Waals surface area contributed by atoms with Gasteiger partial charge in [-0.1, -0.05) is 44.7 Å². The summed E-state index contributed by atoms with van der Waals surface area (Å²) in [7, 11) is 0. The number of rotatable bonds is 4. The molecular formula is C11H18O. The van der Waals surface area contributed by atoms with Crippen molar-refractivity contribution in [2.45, 2.75) is 20.8 Å². The molecular weight excluding hydrogens is 148 g/mol. The minimum Gasteiger partial charge on any atom is -0.395 e. The molecule has 0 spiro atoms. The highest BCUT2D eigenvalue weighted by atomic mass is 16.3. The quantitative estimate of drug-likeness (QED) is 0.637. The number of aliphatic hydroxyl groups is 1. The van der Waals surface area contributed by atoms with Crippen LogP contribution in [0, 0.1) is 5.41 Å². The summed E-state index contributed by atoms with van der Waals surface area (Å²) >= 11 is 0. The first-order valence-corrected chi connectivity index (χ1v) is 4.05. The minimum atomic E-state index is -0.222. The van der Waals surface area contributed by atoms with Crippen LogP contribution in [0.2, 0.25) is 0 Å². The molecule has 0 aliphatic heterocycles. The van der Waals surface area contributed by atoms with E-state index in [0.29, 0.717) is 0 Å². The molecule has 0 atom stereocenters. The highest BCUT2D eigenvalue weighted by Gasteiger charge is 2.19. The monoisotopic (exact) mass is 166 g/mol. The zero-order valence-corrected chi connectivity index (χ0v) is 8.22. The topological polar surface area (TPSA) is 20.2 Å². The largest absolute Gasteiger partial charge is 0.395 e. The molecule has 0 aliphatic carbocycles. The Morgan fingerprint density at radius 3 is 2.25 bits per heavy atom. The van der Waals surface area contributed by atoms with Crippen molar-refractivity contribution in [2.24, 2.45) is 5.41 Å². The Kier molecular flexibility index (Phi) is 3.98. The average Bonchev–Trinajstić information content (AvgIpc) is 1.99. The molecule has 0 aromatic heterocycles. The highest BCUT2D eigenvalue weighted by Crippen LogP contribution is 2.26. The molecule has 0 amide bonds. The fraction of sp³-hybridized carbons (Fsp3) is 0.455. The fourth-order valence-electron chi connectivity index (χ4n) is 0.887. The Hall–Kier alpha value is -0.820. The van der Waals surface area contributed by atoms with Crippen molar-refractivity contribution >= 4 is 0 Å². The molecule has 1 nitrogen and oxygen atoms in total. The molecule has 0 heterocycles. The van der Waals surface area contributed by atoms with Gasteiger partial charge in [-0.05, 0) is 12.5 Å². The van der Waals surface area contributed by atoms with Gasteiger partial charge in [-0.3, -0.25) is 0 Å². The molecule has 0 fully saturated rings. The van der Waals surface area contributed by atoms with Gasteiger partial charge < -0.3 is 5.11 Å². The molecule has 1 heteroatoms. The molecule has 0 bridgehead atoms. The lowest BCUT2D eigenvalue weighted by Crippen LogP contribution is -2.18. The van der Waals surface area contributed by atoms with Gasteiger partial charge in [0.1, 0.15) is 0 Å². The van der Waals surface area contributed by atoms with Crippen LogP contribution in [-0.4, -0.2) is 11.7 Å². The summed E-state index contributed by atoms with van der Waals surface area (Å²) in [6, 6.07) is 0. The normalized spacial score (nSPS) is 12.8. The van der Waals surface area contributed by atoms with Crippen LogP contribution < -0.4 is 0 Å². The Balaban J connectivity index is 4.78. The van der Waals surface area contributed by atoms with Gasteiger partial charge in [0, 0.05) is 5.41 Å². The van der Waals surface area contributed by atoms with Crippen LogP contribution >= 0.6 is 0 Å². The smallest absolute Gasteiger partial charge is 0.0522 e. The van der Waals surface area contributed by atoms with Crippen LogP contribution in [0.3, 0.4) is 0 Å². The lowest BCUT2D eigenvalue weighted by Gasteiger charge is -2.23. The maximum Gasteiger partial charge on any atom is 0.0522 e. The first-order valence-electron chi connectivity index (χ1n) is 4.05. The molecule has 0 saturated heterocycles. The van der Waals surface area contributed by atoms with Crippen LogP contribution in [0.25, 0.3) is 0 Å². The lowest BCUT2D eigenvalue weighted by molar-refractivity contribution is 0.193. The predicted octanol–water partition coefficient (Wildman–Crippen LogP) is 2.69. The second-order valence-electron chi connectivity index (χ2n) is 3.69. The zero-order chi connectivity index (χ0) is 9.78. The molecule has 0 rings (SSSR count). The fourth-order valence-corrected chi connectivity index (χ4v) is 0.887. The minimum absolute atomic E-state index is 0.123. The van der Waals surface area contributed by atoms with Gasteiger partial charge in [0.05, 0.1) is 6.61 Å². The van der Waals surface area contributed by atoms with Crippen molar-refractivity contribution in [3.8, 4) is 0 Å². The van der Waals surface area contributed by atoms with Gasteiger partial charge >= 0.3 is 0 Å². The molecule has 0 radical (unpaired) electrons. The molecule has 0 unspecified atom stereocenters. The standard InChI is InChI=1S/C11H18O/c1-6-10(7-9(2)3)11(4,5)8-12/h6-7,12H,1-2,8H2,3-5H3/b10-7+. The van der Waals surface area contributed by atoms with E-state index in [0.717, 1.165) is 11.1 Å². The van der Waals surface area contributed by atoms with Crippen molar-refractivity contribution in [2.75, 3.05) is 6.61 Å². The van der Waals surface area contributed by atoms with E-state index in [4.69, 9.17) is 5.11 Å². The van der Waals surface area contributed by atoms with Crippen molar-refractivity contribution in [3.63, 3.8) is 0 Å². The van der Waals surface area contributed by atoms with E-state index in [1.54, 1.807) is 6.08 Å². The first kappa shape index (κ1) is 11.2. The third-order valence-electron chi connectivity index (χ3n) is 1.80. The molecule has 0 aliphatic rings. The van der Waals surface area contributed by atoms with E-state index in [1.165, 1.54) is 0 Å². The van der Waals surface area contributed by atoms with Crippen molar-refractivity contribution in [1.29, 1.82) is 0 Å². The van der Waals surface area contributed by atoms with Gasteiger partial charge in [0.15, 0.2) is 0 Å². The summed E-state index contributed by atoms with van der Waals surface area (Å²) in [6.45, 7) is 13.5. The van der Waals surface area contributed by atoms with Crippen LogP contribution in [-0.2, 0) is 0 Å². The van der Waals surface area contributed by atoms with Crippen LogP contribution in [0.15, 0.2) is 36.5 Å². The Bertz CT molecular complexity index is 209. The summed E-state index contributed by atoms with van der Waals surface area (Å²) in [5, 5.41) is 9.09. The maximum absolute atomic E-state index is 9.09. The van der Waals surface area contributed by atoms with Gasteiger partial charge in [0.2, 0.25) is 0 Å². The maximum atomic E-state index is 9.09. The second kappa shape index (κ2) is 4.27. The predicted molar refractivity (Wildman–Crippen MR) is 54.0 cm³/mol. The number of allylic oxidation sites excluding steroid dienone is 3. The molecule has 0 saturated carbocycles. The lowest BCUT2D eigenvalue weighted by atomic mass is 9.84. The Morgan fingerprint density at radius 2 is 2.00 bits per heavy atom. The summed E-state index contributed by atoms with van der Waals surface area (Å²) in [4.78, 5) is 0. The van der Waals surface area contributed by atoms with Crippen molar-refractivity contribution in [3.05, 3.63) is 36.5 Å². The van der Waals surface area contributed by atoms with E-state index < -0.39 is 0 Å². The van der Waals surface area contributed by atoms with Gasteiger partial charge in [-0.15, -0.1) is 0 Å². The molecule has 12 heavy (non-hydrogen) atoms. The van der Waals surface area contributed by atoms with Gasteiger partial charge in [-0.2, -0.15) is 0 Å². The third-order valence-corrected chi connectivity index (χ3v) is 1.80. The molecule has 1 N–H and O–H groups in total. The second-order valence-corrected chi connectivity index (χ2v) is 3.69. The van der Waals surface area contributed by atoms with Crippen molar-refractivity contribution < 1.29 is 5.11 Å². The molecule has 0 aromatic carbocycles. The van der Waals surface area contributed by atoms with E-state index in [1.807, 2.05) is 26.8 Å². The molecule has 0 aromatic rings. The van der Waals surface area contributed by atoms with Crippen molar-refractivity contribution in [1.82, 2.24) is 0 Å². The van der Waals surface area contributed by atoms with Gasteiger partial charge in [-0.25, -0.2) is 0 Å². The zero-order valence-electron chi connectivity index (χ0n) is 8.22. The summed E-state index contributed by atoms with van der Waals surface area (Å²) in [6.07, 6.45) is 3.72. The van der Waals surface area contributed by atoms with E-state index in [9.17, 15) is 0 Å². The Morgan fingerprint density at radius 1 is 1.50 bits per heavy atom. The number of aliphatic hydroxyl groups excluding tert-OH is 1. The summed E-state index contributed by atoms with van der Waals surface area (Å²) in [5.41, 5.74) is 1.78. The van der Waals surface area contributed by atoms with E-state index in [2.05, 4.69) is 13.2 Å². The SMILES string of the molecule is C=C/C(=C\C(=C)C)C(C)(C)CO. The average molecular weight is 166 g/mol. The van der Waals surface area contributed by atoms with E-state index in [-0.39, 0.29) is 12.0 Å². The van der Waals surface area contributed by atoms with E-state index >= 15 is 0 Å². The molecule has 68 valence electrons. The Labute approximate surface area is 75.1 Å². The highest BCUT2D eigenvalue weighted by molar-refractivity contribution is 5.31. The third kappa shape index (κ3) is 3.05. The van der Waals surface area contributed by atoms with Crippen LogP contribution in [0.5, 0.6) is 0 Å². The summed E-state index contributed by atoms with van der Waals surface area (Å²) in [5.74, 6) is 0. The number of hydrogen-bond acceptors (Lipinski definition) is 1.